The number of halogens is 1. The molecule has 0 bridgehead atoms. The fourth-order valence-electron chi connectivity index (χ4n) is 2.15. The predicted molar refractivity (Wildman–Crippen MR) is 105 cm³/mol. The lowest BCUT2D eigenvalue weighted by atomic mass is 10.2. The van der Waals surface area contributed by atoms with Crippen molar-refractivity contribution in [3.63, 3.8) is 0 Å². The van der Waals surface area contributed by atoms with Crippen LogP contribution in [0.1, 0.15) is 22.8 Å². The molecule has 5 nitrogen and oxygen atoms in total. The zero-order valence-corrected chi connectivity index (χ0v) is 16.2. The third-order valence-corrected chi connectivity index (χ3v) is 4.73. The summed E-state index contributed by atoms with van der Waals surface area (Å²) in [6.07, 6.45) is 0. The Balaban J connectivity index is 1.83. The fourth-order valence-corrected chi connectivity index (χ4v) is 3.19. The second-order valence-corrected chi connectivity index (χ2v) is 6.70. The molecule has 2 rings (SSSR count). The number of rotatable bonds is 8. The number of hydrogen-bond acceptors (Lipinski definition) is 5. The van der Waals surface area contributed by atoms with E-state index in [1.807, 2.05) is 24.3 Å². The van der Waals surface area contributed by atoms with Gasteiger partial charge in [0.2, 0.25) is 5.91 Å². The molecule has 7 heteroatoms. The zero-order chi connectivity index (χ0) is 18.9. The van der Waals surface area contributed by atoms with Gasteiger partial charge in [0.15, 0.2) is 0 Å². The first-order valence-electron chi connectivity index (χ1n) is 8.00. The average molecular weight is 394 g/mol. The number of anilines is 1. The van der Waals surface area contributed by atoms with Gasteiger partial charge < -0.3 is 14.8 Å². The van der Waals surface area contributed by atoms with Gasteiger partial charge in [-0.15, -0.1) is 11.8 Å². The van der Waals surface area contributed by atoms with E-state index in [1.165, 1.54) is 11.8 Å². The second-order valence-electron chi connectivity index (χ2n) is 5.30. The van der Waals surface area contributed by atoms with E-state index in [-0.39, 0.29) is 23.1 Å². The predicted octanol–water partition coefficient (Wildman–Crippen LogP) is 4.40. The SMILES string of the molecule is CCOC(=O)c1ccc(NC(=O)CSCc2ccc(OC)cc2)cc1Cl. The quantitative estimate of drug-likeness (QED) is 0.673. The molecule has 0 heterocycles. The Morgan fingerprint density at radius 2 is 1.88 bits per heavy atom. The Labute approximate surface area is 162 Å². The van der Waals surface area contributed by atoms with Gasteiger partial charge in [-0.3, -0.25) is 4.79 Å². The molecule has 26 heavy (non-hydrogen) atoms. The van der Waals surface area contributed by atoms with Gasteiger partial charge in [0.25, 0.3) is 0 Å². The summed E-state index contributed by atoms with van der Waals surface area (Å²) in [7, 11) is 1.62. The Kier molecular flexibility index (Phi) is 7.81. The van der Waals surface area contributed by atoms with E-state index < -0.39 is 5.97 Å². The highest BCUT2D eigenvalue weighted by Crippen LogP contribution is 2.22. The van der Waals surface area contributed by atoms with Crippen molar-refractivity contribution in [2.24, 2.45) is 0 Å². The summed E-state index contributed by atoms with van der Waals surface area (Å²) in [4.78, 5) is 23.8. The summed E-state index contributed by atoms with van der Waals surface area (Å²) < 4.78 is 10.0. The lowest BCUT2D eigenvalue weighted by molar-refractivity contribution is -0.113. The van der Waals surface area contributed by atoms with Gasteiger partial charge in [-0.1, -0.05) is 23.7 Å². The summed E-state index contributed by atoms with van der Waals surface area (Å²) >= 11 is 7.59. The minimum absolute atomic E-state index is 0.136. The Hall–Kier alpha value is -2.18. The van der Waals surface area contributed by atoms with Gasteiger partial charge in [-0.25, -0.2) is 4.79 Å². The van der Waals surface area contributed by atoms with E-state index in [0.29, 0.717) is 11.4 Å². The van der Waals surface area contributed by atoms with Crippen LogP contribution in [0, 0.1) is 0 Å². The van der Waals surface area contributed by atoms with Gasteiger partial charge in [0.05, 0.1) is 30.1 Å². The highest BCUT2D eigenvalue weighted by molar-refractivity contribution is 7.99. The topological polar surface area (TPSA) is 64.6 Å². The van der Waals surface area contributed by atoms with Crippen molar-refractivity contribution >= 4 is 40.9 Å². The lowest BCUT2D eigenvalue weighted by Gasteiger charge is -2.08. The number of carbonyl (C=O) groups excluding carboxylic acids is 2. The molecule has 0 atom stereocenters. The Bertz CT molecular complexity index is 765. The number of carbonyl (C=O) groups is 2. The van der Waals surface area contributed by atoms with Crippen LogP contribution in [-0.4, -0.2) is 31.3 Å². The van der Waals surface area contributed by atoms with E-state index in [4.69, 9.17) is 21.1 Å². The van der Waals surface area contributed by atoms with Gasteiger partial charge in [-0.2, -0.15) is 0 Å². The first kappa shape index (κ1) is 20.1. The molecule has 1 N–H and O–H groups in total. The molecular formula is C19H20ClNO4S. The van der Waals surface area contributed by atoms with Crippen molar-refractivity contribution in [2.45, 2.75) is 12.7 Å². The van der Waals surface area contributed by atoms with Gasteiger partial charge in [0, 0.05) is 11.4 Å². The first-order valence-corrected chi connectivity index (χ1v) is 9.54. The first-order chi connectivity index (χ1) is 12.5. The molecule has 0 aliphatic heterocycles. The summed E-state index contributed by atoms with van der Waals surface area (Å²) in [5.74, 6) is 1.22. The number of esters is 1. The second kappa shape index (κ2) is 10.1. The maximum atomic E-state index is 12.0. The van der Waals surface area contributed by atoms with Gasteiger partial charge >= 0.3 is 5.97 Å². The molecule has 0 saturated heterocycles. The number of thioether (sulfide) groups is 1. The van der Waals surface area contributed by atoms with E-state index >= 15 is 0 Å². The molecule has 1 amide bonds. The third-order valence-electron chi connectivity index (χ3n) is 3.41. The van der Waals surface area contributed by atoms with E-state index in [0.717, 1.165) is 17.1 Å². The van der Waals surface area contributed by atoms with E-state index in [2.05, 4.69) is 5.32 Å². The molecule has 0 unspecified atom stereocenters. The van der Waals surface area contributed by atoms with Crippen LogP contribution in [-0.2, 0) is 15.3 Å². The average Bonchev–Trinajstić information content (AvgIpc) is 2.62. The van der Waals surface area contributed by atoms with Crippen LogP contribution in [0.2, 0.25) is 5.02 Å². The monoisotopic (exact) mass is 393 g/mol. The van der Waals surface area contributed by atoms with Crippen LogP contribution < -0.4 is 10.1 Å². The van der Waals surface area contributed by atoms with Crippen LogP contribution in [0.5, 0.6) is 5.75 Å². The molecule has 0 spiro atoms. The normalized spacial score (nSPS) is 10.3. The molecule has 138 valence electrons. The smallest absolute Gasteiger partial charge is 0.339 e. The highest BCUT2D eigenvalue weighted by Gasteiger charge is 2.12. The fraction of sp³-hybridized carbons (Fsp3) is 0.263. The van der Waals surface area contributed by atoms with Crippen molar-refractivity contribution in [1.82, 2.24) is 0 Å². The molecule has 0 aliphatic rings. The van der Waals surface area contributed by atoms with Crippen LogP contribution >= 0.6 is 23.4 Å². The van der Waals surface area contributed by atoms with Crippen LogP contribution in [0.3, 0.4) is 0 Å². The standard InChI is InChI=1S/C19H20ClNO4S/c1-3-25-19(23)16-9-6-14(10-17(16)20)21-18(22)12-26-11-13-4-7-15(24-2)8-5-13/h4-10H,3,11-12H2,1-2H3,(H,21,22). The van der Waals surface area contributed by atoms with E-state index in [9.17, 15) is 9.59 Å². The number of benzene rings is 2. The molecule has 0 aliphatic carbocycles. The summed E-state index contributed by atoms with van der Waals surface area (Å²) in [5.41, 5.74) is 1.93. The summed E-state index contributed by atoms with van der Waals surface area (Å²) in [6, 6.07) is 12.4. The maximum Gasteiger partial charge on any atom is 0.339 e. The number of methoxy groups -OCH3 is 1. The van der Waals surface area contributed by atoms with Crippen LogP contribution in [0.25, 0.3) is 0 Å². The molecule has 0 aromatic heterocycles. The number of amides is 1. The van der Waals surface area contributed by atoms with Crippen molar-refractivity contribution in [3.8, 4) is 5.75 Å². The minimum Gasteiger partial charge on any atom is -0.497 e. The van der Waals surface area contributed by atoms with Gasteiger partial charge in [-0.05, 0) is 42.8 Å². The van der Waals surface area contributed by atoms with Crippen molar-refractivity contribution < 1.29 is 19.1 Å². The number of nitrogens with one attached hydrogen (secondary N) is 1. The number of hydrogen-bond donors (Lipinski definition) is 1. The largest absolute Gasteiger partial charge is 0.497 e. The molecule has 0 radical (unpaired) electrons. The third kappa shape index (κ3) is 5.97. The van der Waals surface area contributed by atoms with Crippen LogP contribution in [0.4, 0.5) is 5.69 Å². The van der Waals surface area contributed by atoms with Crippen molar-refractivity contribution in [2.75, 3.05) is 24.8 Å². The Morgan fingerprint density at radius 1 is 1.15 bits per heavy atom. The molecule has 0 fully saturated rings. The zero-order valence-electron chi connectivity index (χ0n) is 14.6. The van der Waals surface area contributed by atoms with Gasteiger partial charge in [0.1, 0.15) is 5.75 Å². The van der Waals surface area contributed by atoms with Crippen molar-refractivity contribution in [3.05, 3.63) is 58.6 Å². The maximum absolute atomic E-state index is 12.0. The molecule has 2 aromatic carbocycles. The Morgan fingerprint density at radius 3 is 2.50 bits per heavy atom. The molecule has 2 aromatic rings. The molecule has 0 saturated carbocycles. The molecular weight excluding hydrogens is 374 g/mol. The highest BCUT2D eigenvalue weighted by atomic mass is 35.5. The van der Waals surface area contributed by atoms with Crippen molar-refractivity contribution in [1.29, 1.82) is 0 Å². The summed E-state index contributed by atoms with van der Waals surface area (Å²) in [6.45, 7) is 2.00. The minimum atomic E-state index is -0.481. The number of ether oxygens (including phenoxy) is 2. The van der Waals surface area contributed by atoms with Crippen LogP contribution in [0.15, 0.2) is 42.5 Å². The lowest BCUT2D eigenvalue weighted by Crippen LogP contribution is -2.14. The van der Waals surface area contributed by atoms with E-state index in [1.54, 1.807) is 32.2 Å². The summed E-state index contributed by atoms with van der Waals surface area (Å²) in [5, 5.41) is 3.01.